The Morgan fingerprint density at radius 1 is 1.07 bits per heavy atom. The highest BCUT2D eigenvalue weighted by molar-refractivity contribution is 6.31. The minimum atomic E-state index is 0.374. The van der Waals surface area contributed by atoms with Gasteiger partial charge in [0.15, 0.2) is 11.5 Å². The lowest BCUT2D eigenvalue weighted by atomic mass is 10.0. The number of hydrogen-bond donors (Lipinski definition) is 0. The van der Waals surface area contributed by atoms with Crippen molar-refractivity contribution >= 4 is 22.5 Å². The van der Waals surface area contributed by atoms with Gasteiger partial charge in [0.2, 0.25) is 0 Å². The fourth-order valence-corrected chi connectivity index (χ4v) is 4.48. The molecule has 0 spiro atoms. The first-order valence-corrected chi connectivity index (χ1v) is 9.82. The third-order valence-electron chi connectivity index (χ3n) is 5.44. The smallest absolute Gasteiger partial charge is 0.161 e. The third kappa shape index (κ3) is 3.24. The topological polar surface area (TPSA) is 34.6 Å². The van der Waals surface area contributed by atoms with Crippen molar-refractivity contribution in [3.63, 3.8) is 0 Å². The summed E-state index contributed by atoms with van der Waals surface area (Å²) in [5.74, 6) is 1.71. The van der Waals surface area contributed by atoms with Crippen molar-refractivity contribution in [2.24, 2.45) is 0 Å². The summed E-state index contributed by atoms with van der Waals surface area (Å²) < 4.78 is 11.4. The predicted molar refractivity (Wildman–Crippen MR) is 107 cm³/mol. The molecule has 0 radical (unpaired) electrons. The maximum atomic E-state index is 6.37. The van der Waals surface area contributed by atoms with Crippen LogP contribution >= 0.6 is 11.6 Å². The molecule has 138 valence electrons. The SMILES string of the molecule is Clc1cc(CN2CCCC2c2ccc3c(c2)OCCO3)c2ncccc2c1. The van der Waals surface area contributed by atoms with Gasteiger partial charge in [-0.25, -0.2) is 0 Å². The van der Waals surface area contributed by atoms with Crippen molar-refractivity contribution in [2.75, 3.05) is 19.8 Å². The Balaban J connectivity index is 1.46. The van der Waals surface area contributed by atoms with Crippen LogP contribution in [0.3, 0.4) is 0 Å². The van der Waals surface area contributed by atoms with E-state index >= 15 is 0 Å². The zero-order valence-electron chi connectivity index (χ0n) is 15.0. The van der Waals surface area contributed by atoms with Crippen LogP contribution in [-0.4, -0.2) is 29.6 Å². The van der Waals surface area contributed by atoms with Crippen molar-refractivity contribution in [1.82, 2.24) is 9.88 Å². The Labute approximate surface area is 163 Å². The summed E-state index contributed by atoms with van der Waals surface area (Å²) >= 11 is 6.37. The van der Waals surface area contributed by atoms with Gasteiger partial charge in [-0.3, -0.25) is 9.88 Å². The van der Waals surface area contributed by atoms with E-state index in [9.17, 15) is 0 Å². The molecule has 0 bridgehead atoms. The normalized spacial score (nSPS) is 19.5. The van der Waals surface area contributed by atoms with Gasteiger partial charge in [0.1, 0.15) is 13.2 Å². The zero-order chi connectivity index (χ0) is 18.2. The molecule has 0 amide bonds. The van der Waals surface area contributed by atoms with E-state index in [-0.39, 0.29) is 0 Å². The predicted octanol–water partition coefficient (Wildman–Crippen LogP) is 5.00. The Bertz CT molecular complexity index is 991. The summed E-state index contributed by atoms with van der Waals surface area (Å²) in [6.07, 6.45) is 4.18. The third-order valence-corrected chi connectivity index (χ3v) is 5.65. The molecule has 1 unspecified atom stereocenters. The first kappa shape index (κ1) is 16.8. The second kappa shape index (κ2) is 7.02. The highest BCUT2D eigenvalue weighted by Crippen LogP contribution is 2.39. The van der Waals surface area contributed by atoms with E-state index in [1.54, 1.807) is 0 Å². The van der Waals surface area contributed by atoms with Crippen LogP contribution in [0.2, 0.25) is 5.02 Å². The highest BCUT2D eigenvalue weighted by atomic mass is 35.5. The van der Waals surface area contributed by atoms with Crippen LogP contribution in [0.1, 0.15) is 30.0 Å². The molecule has 0 N–H and O–H groups in total. The number of benzene rings is 2. The molecule has 2 aliphatic rings. The molecule has 5 rings (SSSR count). The largest absolute Gasteiger partial charge is 0.486 e. The molecular formula is C22H21ClN2O2. The summed E-state index contributed by atoms with van der Waals surface area (Å²) in [5.41, 5.74) is 3.51. The van der Waals surface area contributed by atoms with Gasteiger partial charge in [-0.15, -0.1) is 0 Å². The number of hydrogen-bond acceptors (Lipinski definition) is 4. The van der Waals surface area contributed by atoms with Gasteiger partial charge in [0.25, 0.3) is 0 Å². The molecule has 0 aliphatic carbocycles. The highest BCUT2D eigenvalue weighted by Gasteiger charge is 2.28. The molecule has 2 aliphatic heterocycles. The van der Waals surface area contributed by atoms with Gasteiger partial charge in [-0.1, -0.05) is 23.7 Å². The van der Waals surface area contributed by atoms with Crippen LogP contribution in [0.4, 0.5) is 0 Å². The van der Waals surface area contributed by atoms with Crippen molar-refractivity contribution in [2.45, 2.75) is 25.4 Å². The fraction of sp³-hybridized carbons (Fsp3) is 0.318. The number of ether oxygens (including phenoxy) is 2. The molecule has 1 saturated heterocycles. The maximum absolute atomic E-state index is 6.37. The summed E-state index contributed by atoms with van der Waals surface area (Å²) in [6.45, 7) is 3.15. The Hall–Kier alpha value is -2.30. The molecular weight excluding hydrogens is 360 g/mol. The van der Waals surface area contributed by atoms with E-state index in [1.165, 1.54) is 17.5 Å². The van der Waals surface area contributed by atoms with Crippen LogP contribution in [0.15, 0.2) is 48.7 Å². The van der Waals surface area contributed by atoms with Crippen LogP contribution < -0.4 is 9.47 Å². The molecule has 27 heavy (non-hydrogen) atoms. The fourth-order valence-electron chi connectivity index (χ4n) is 4.23. The van der Waals surface area contributed by atoms with Crippen LogP contribution in [0, 0.1) is 0 Å². The standard InChI is InChI=1S/C22H21ClN2O2/c23-18-11-16-3-1-7-24-22(16)17(12-18)14-25-8-2-4-19(25)15-5-6-20-21(13-15)27-10-9-26-20/h1,3,5-7,11-13,19H,2,4,8-10,14H2. The second-order valence-corrected chi connectivity index (χ2v) is 7.61. The number of rotatable bonds is 3. The van der Waals surface area contributed by atoms with Crippen molar-refractivity contribution in [3.05, 3.63) is 64.8 Å². The van der Waals surface area contributed by atoms with E-state index < -0.39 is 0 Å². The number of halogens is 1. The molecule has 4 nitrogen and oxygen atoms in total. The van der Waals surface area contributed by atoms with Crippen molar-refractivity contribution in [1.29, 1.82) is 0 Å². The molecule has 3 aromatic rings. The lowest BCUT2D eigenvalue weighted by Crippen LogP contribution is -2.23. The quantitative estimate of drug-likeness (QED) is 0.640. The van der Waals surface area contributed by atoms with E-state index in [4.69, 9.17) is 21.1 Å². The lowest BCUT2D eigenvalue weighted by Gasteiger charge is -2.27. The second-order valence-electron chi connectivity index (χ2n) is 7.17. The molecule has 5 heteroatoms. The molecule has 1 aromatic heterocycles. The Morgan fingerprint density at radius 3 is 2.89 bits per heavy atom. The van der Waals surface area contributed by atoms with Gasteiger partial charge >= 0.3 is 0 Å². The number of aromatic nitrogens is 1. The lowest BCUT2D eigenvalue weighted by molar-refractivity contribution is 0.170. The van der Waals surface area contributed by atoms with Gasteiger partial charge in [-0.05, 0) is 60.8 Å². The van der Waals surface area contributed by atoms with E-state index in [0.717, 1.165) is 46.9 Å². The van der Waals surface area contributed by atoms with Gasteiger partial charge < -0.3 is 9.47 Å². The van der Waals surface area contributed by atoms with E-state index in [1.807, 2.05) is 24.4 Å². The Kier molecular flexibility index (Phi) is 4.38. The molecule has 2 aromatic carbocycles. The van der Waals surface area contributed by atoms with Gasteiger partial charge in [0.05, 0.1) is 5.52 Å². The summed E-state index contributed by atoms with van der Waals surface area (Å²) in [6, 6.07) is 14.8. The zero-order valence-corrected chi connectivity index (χ0v) is 15.8. The van der Waals surface area contributed by atoms with Crippen LogP contribution in [0.25, 0.3) is 10.9 Å². The monoisotopic (exact) mass is 380 g/mol. The average Bonchev–Trinajstić information content (AvgIpc) is 3.15. The minimum absolute atomic E-state index is 0.374. The number of fused-ring (bicyclic) bond motifs is 2. The van der Waals surface area contributed by atoms with Gasteiger partial charge in [0, 0.05) is 29.2 Å². The molecule has 1 atom stereocenters. The first-order chi connectivity index (χ1) is 13.3. The van der Waals surface area contributed by atoms with Gasteiger partial charge in [-0.2, -0.15) is 0 Å². The number of likely N-dealkylation sites (tertiary alicyclic amines) is 1. The number of pyridine rings is 1. The van der Waals surface area contributed by atoms with Crippen LogP contribution in [-0.2, 0) is 6.54 Å². The number of nitrogens with zero attached hydrogens (tertiary/aromatic N) is 2. The van der Waals surface area contributed by atoms with Crippen molar-refractivity contribution < 1.29 is 9.47 Å². The van der Waals surface area contributed by atoms with E-state index in [2.05, 4.69) is 34.1 Å². The summed E-state index contributed by atoms with van der Waals surface area (Å²) in [5, 5.41) is 1.86. The Morgan fingerprint density at radius 2 is 1.96 bits per heavy atom. The minimum Gasteiger partial charge on any atom is -0.486 e. The van der Waals surface area contributed by atoms with E-state index in [0.29, 0.717) is 19.3 Å². The first-order valence-electron chi connectivity index (χ1n) is 9.45. The molecule has 3 heterocycles. The summed E-state index contributed by atoms with van der Waals surface area (Å²) in [4.78, 5) is 7.12. The van der Waals surface area contributed by atoms with Crippen molar-refractivity contribution in [3.8, 4) is 11.5 Å². The average molecular weight is 381 g/mol. The molecule has 0 saturated carbocycles. The molecule has 1 fully saturated rings. The summed E-state index contributed by atoms with van der Waals surface area (Å²) in [7, 11) is 0. The maximum Gasteiger partial charge on any atom is 0.161 e. The van der Waals surface area contributed by atoms with Crippen LogP contribution in [0.5, 0.6) is 11.5 Å².